The van der Waals surface area contributed by atoms with Gasteiger partial charge in [0.05, 0.1) is 26.2 Å². The van der Waals surface area contributed by atoms with Crippen molar-refractivity contribution >= 4 is 0 Å². The quantitative estimate of drug-likeness (QED) is 0.201. The van der Waals surface area contributed by atoms with Gasteiger partial charge in [-0.05, 0) is 51.4 Å². The number of hydrogen-bond donors (Lipinski definition) is 0. The molecule has 0 aliphatic carbocycles. The van der Waals surface area contributed by atoms with Crippen molar-refractivity contribution in [2.24, 2.45) is 0 Å². The van der Waals surface area contributed by atoms with E-state index in [1.54, 1.807) is 0 Å². The molecule has 0 saturated carbocycles. The number of quaternary nitrogens is 1. The van der Waals surface area contributed by atoms with E-state index in [4.69, 9.17) is 0 Å². The Kier molecular flexibility index (Phi) is 15.8. The van der Waals surface area contributed by atoms with Gasteiger partial charge in [0.15, 0.2) is 0 Å². The van der Waals surface area contributed by atoms with E-state index in [-0.39, 0.29) is 0 Å². The van der Waals surface area contributed by atoms with Crippen molar-refractivity contribution in [2.75, 3.05) is 26.2 Å². The van der Waals surface area contributed by atoms with Gasteiger partial charge in [-0.2, -0.15) is 0 Å². The lowest BCUT2D eigenvalue weighted by Crippen LogP contribution is -2.50. The van der Waals surface area contributed by atoms with Crippen LogP contribution in [0.3, 0.4) is 0 Å². The molecule has 22 heavy (non-hydrogen) atoms. The third-order valence-electron chi connectivity index (χ3n) is 5.19. The molecule has 0 aliphatic heterocycles. The second kappa shape index (κ2) is 15.8. The summed E-state index contributed by atoms with van der Waals surface area (Å²) in [5.41, 5.74) is 0. The third kappa shape index (κ3) is 11.5. The molecule has 134 valence electrons. The first-order valence-electron chi connectivity index (χ1n) is 10.6. The zero-order valence-corrected chi connectivity index (χ0v) is 16.5. The Morgan fingerprint density at radius 3 is 0.955 bits per heavy atom. The molecule has 0 spiro atoms. The fourth-order valence-corrected chi connectivity index (χ4v) is 3.64. The van der Waals surface area contributed by atoms with E-state index in [1.807, 2.05) is 0 Å². The van der Waals surface area contributed by atoms with Gasteiger partial charge in [0.25, 0.3) is 0 Å². The summed E-state index contributed by atoms with van der Waals surface area (Å²) in [5, 5.41) is 0. The van der Waals surface area contributed by atoms with E-state index in [9.17, 15) is 0 Å². The Bertz CT molecular complexity index is 185. The molecule has 0 rings (SSSR count). The van der Waals surface area contributed by atoms with E-state index in [0.29, 0.717) is 0 Å². The number of unbranched alkanes of at least 4 members (excludes halogenated alkanes) is 9. The van der Waals surface area contributed by atoms with Crippen LogP contribution in [0.15, 0.2) is 0 Å². The van der Waals surface area contributed by atoms with Crippen LogP contribution in [-0.2, 0) is 0 Å². The summed E-state index contributed by atoms with van der Waals surface area (Å²) in [4.78, 5) is 0. The summed E-state index contributed by atoms with van der Waals surface area (Å²) in [5.74, 6) is 0. The van der Waals surface area contributed by atoms with E-state index in [1.165, 1.54) is 114 Å². The molecule has 0 N–H and O–H groups in total. The molecule has 0 aromatic carbocycles. The van der Waals surface area contributed by atoms with Crippen LogP contribution in [0.5, 0.6) is 0 Å². The molecular weight excluding hydrogens is 266 g/mol. The second-order valence-corrected chi connectivity index (χ2v) is 7.42. The van der Waals surface area contributed by atoms with Crippen LogP contribution in [0.1, 0.15) is 111 Å². The van der Waals surface area contributed by atoms with Crippen LogP contribution in [0, 0.1) is 0 Å². The zero-order chi connectivity index (χ0) is 16.5. The SMILES string of the molecule is CCCCCC[N+](CCCCC)(CCCCC)CCCCC. The van der Waals surface area contributed by atoms with Crippen LogP contribution in [-0.4, -0.2) is 30.7 Å². The average Bonchev–Trinajstić information content (AvgIpc) is 2.52. The smallest absolute Gasteiger partial charge is 0.0786 e. The standard InChI is InChI=1S/C21H46N/c1-5-9-13-17-21-22(18-14-10-6-2,19-15-11-7-3)20-16-12-8-4/h5-21H2,1-4H3/q+1. The summed E-state index contributed by atoms with van der Waals surface area (Å²) in [6.07, 6.45) is 18.4. The maximum absolute atomic E-state index is 2.34. The van der Waals surface area contributed by atoms with Gasteiger partial charge >= 0.3 is 0 Å². The highest BCUT2D eigenvalue weighted by molar-refractivity contribution is 4.52. The molecule has 0 heterocycles. The van der Waals surface area contributed by atoms with Gasteiger partial charge in [0, 0.05) is 0 Å². The molecule has 1 nitrogen and oxygen atoms in total. The Hall–Kier alpha value is -0.0400. The van der Waals surface area contributed by atoms with Crippen LogP contribution < -0.4 is 0 Å². The molecule has 0 amide bonds. The van der Waals surface area contributed by atoms with Crippen molar-refractivity contribution < 1.29 is 4.48 Å². The van der Waals surface area contributed by atoms with E-state index >= 15 is 0 Å². The average molecular weight is 313 g/mol. The van der Waals surface area contributed by atoms with E-state index in [0.717, 1.165) is 0 Å². The summed E-state index contributed by atoms with van der Waals surface area (Å²) < 4.78 is 1.45. The molecular formula is C21H46N+. The van der Waals surface area contributed by atoms with Crippen LogP contribution in [0.4, 0.5) is 0 Å². The lowest BCUT2D eigenvalue weighted by atomic mass is 10.1. The van der Waals surface area contributed by atoms with Crippen LogP contribution in [0.25, 0.3) is 0 Å². The maximum atomic E-state index is 2.34. The first-order valence-corrected chi connectivity index (χ1v) is 10.6. The van der Waals surface area contributed by atoms with Crippen molar-refractivity contribution in [3.63, 3.8) is 0 Å². The molecule has 0 bridgehead atoms. The van der Waals surface area contributed by atoms with Gasteiger partial charge in [0.1, 0.15) is 0 Å². The predicted octanol–water partition coefficient (Wildman–Crippen LogP) is 6.95. The minimum Gasteiger partial charge on any atom is -0.324 e. The minimum absolute atomic E-state index is 1.36. The topological polar surface area (TPSA) is 0 Å². The second-order valence-electron chi connectivity index (χ2n) is 7.42. The van der Waals surface area contributed by atoms with Crippen LogP contribution >= 0.6 is 0 Å². The van der Waals surface area contributed by atoms with E-state index in [2.05, 4.69) is 27.7 Å². The number of rotatable bonds is 17. The van der Waals surface area contributed by atoms with Crippen molar-refractivity contribution in [2.45, 2.75) is 111 Å². The molecule has 0 radical (unpaired) electrons. The summed E-state index contributed by atoms with van der Waals surface area (Å²) >= 11 is 0. The van der Waals surface area contributed by atoms with E-state index < -0.39 is 0 Å². The normalized spacial score (nSPS) is 12.0. The molecule has 0 aromatic rings. The Labute approximate surface area is 142 Å². The Morgan fingerprint density at radius 2 is 0.636 bits per heavy atom. The highest BCUT2D eigenvalue weighted by Crippen LogP contribution is 2.18. The van der Waals surface area contributed by atoms with Gasteiger partial charge in [-0.15, -0.1) is 0 Å². The monoisotopic (exact) mass is 312 g/mol. The summed E-state index contributed by atoms with van der Waals surface area (Å²) in [7, 11) is 0. The zero-order valence-electron chi connectivity index (χ0n) is 16.5. The Morgan fingerprint density at radius 1 is 0.364 bits per heavy atom. The van der Waals surface area contributed by atoms with Gasteiger partial charge in [-0.3, -0.25) is 0 Å². The molecule has 0 unspecified atom stereocenters. The maximum Gasteiger partial charge on any atom is 0.0786 e. The van der Waals surface area contributed by atoms with Crippen molar-refractivity contribution in [3.8, 4) is 0 Å². The van der Waals surface area contributed by atoms with Gasteiger partial charge in [-0.25, -0.2) is 0 Å². The minimum atomic E-state index is 1.36. The summed E-state index contributed by atoms with van der Waals surface area (Å²) in [6, 6.07) is 0. The highest BCUT2D eigenvalue weighted by Gasteiger charge is 2.25. The molecule has 0 aromatic heterocycles. The summed E-state index contributed by atoms with van der Waals surface area (Å²) in [6.45, 7) is 15.1. The lowest BCUT2D eigenvalue weighted by Gasteiger charge is -2.39. The molecule has 0 atom stereocenters. The number of hydrogen-bond acceptors (Lipinski definition) is 0. The fourth-order valence-electron chi connectivity index (χ4n) is 3.64. The van der Waals surface area contributed by atoms with Gasteiger partial charge < -0.3 is 4.48 Å². The van der Waals surface area contributed by atoms with Crippen molar-refractivity contribution in [1.29, 1.82) is 0 Å². The molecule has 0 fully saturated rings. The first kappa shape index (κ1) is 22.0. The molecule has 0 saturated heterocycles. The third-order valence-corrected chi connectivity index (χ3v) is 5.19. The Balaban J connectivity index is 4.53. The largest absolute Gasteiger partial charge is 0.324 e. The molecule has 0 aliphatic rings. The number of nitrogens with zero attached hydrogens (tertiary/aromatic N) is 1. The predicted molar refractivity (Wildman–Crippen MR) is 102 cm³/mol. The first-order chi connectivity index (χ1) is 10.7. The molecule has 1 heteroatoms. The highest BCUT2D eigenvalue weighted by atomic mass is 15.3. The van der Waals surface area contributed by atoms with Crippen molar-refractivity contribution in [3.05, 3.63) is 0 Å². The van der Waals surface area contributed by atoms with Gasteiger partial charge in [-0.1, -0.05) is 59.8 Å². The fraction of sp³-hybridized carbons (Fsp3) is 1.00. The van der Waals surface area contributed by atoms with Gasteiger partial charge in [0.2, 0.25) is 0 Å². The lowest BCUT2D eigenvalue weighted by molar-refractivity contribution is -0.929. The van der Waals surface area contributed by atoms with Crippen LogP contribution in [0.2, 0.25) is 0 Å². The van der Waals surface area contributed by atoms with Crippen molar-refractivity contribution in [1.82, 2.24) is 0 Å².